The number of benzene rings is 1. The van der Waals surface area contributed by atoms with Gasteiger partial charge in [0.25, 0.3) is 0 Å². The lowest BCUT2D eigenvalue weighted by atomic mass is 10.1. The number of methoxy groups -OCH3 is 2. The molecule has 0 bridgehead atoms. The Balaban J connectivity index is 2.06. The summed E-state index contributed by atoms with van der Waals surface area (Å²) >= 11 is 1.51. The molecule has 1 N–H and O–H groups in total. The molecular formula is C16H18N2O2S. The average Bonchev–Trinajstić information content (AvgIpc) is 3.00. The zero-order valence-corrected chi connectivity index (χ0v) is 13.2. The van der Waals surface area contributed by atoms with E-state index in [4.69, 9.17) is 14.7 Å². The van der Waals surface area contributed by atoms with Crippen molar-refractivity contribution in [3.8, 4) is 17.6 Å². The first-order chi connectivity index (χ1) is 10.2. The molecule has 0 saturated carbocycles. The van der Waals surface area contributed by atoms with E-state index in [2.05, 4.69) is 18.3 Å². The van der Waals surface area contributed by atoms with E-state index in [-0.39, 0.29) is 6.04 Å². The van der Waals surface area contributed by atoms with Gasteiger partial charge >= 0.3 is 0 Å². The van der Waals surface area contributed by atoms with Gasteiger partial charge in [0.15, 0.2) is 0 Å². The van der Waals surface area contributed by atoms with Crippen LogP contribution in [0.2, 0.25) is 0 Å². The number of hydrogen-bond donors (Lipinski definition) is 1. The molecule has 5 heteroatoms. The molecule has 1 aromatic carbocycles. The summed E-state index contributed by atoms with van der Waals surface area (Å²) in [6.07, 6.45) is 0. The van der Waals surface area contributed by atoms with Gasteiger partial charge in [-0.25, -0.2) is 0 Å². The fraction of sp³-hybridized carbons (Fsp3) is 0.312. The summed E-state index contributed by atoms with van der Waals surface area (Å²) in [6, 6.07) is 11.9. The maximum atomic E-state index is 8.84. The van der Waals surface area contributed by atoms with E-state index >= 15 is 0 Å². The number of thiophene rings is 1. The zero-order chi connectivity index (χ0) is 15.2. The van der Waals surface area contributed by atoms with E-state index in [0.29, 0.717) is 0 Å². The number of ether oxygens (including phenoxy) is 2. The Kier molecular flexibility index (Phi) is 5.20. The van der Waals surface area contributed by atoms with Crippen molar-refractivity contribution in [2.75, 3.05) is 14.2 Å². The third kappa shape index (κ3) is 3.75. The fourth-order valence-electron chi connectivity index (χ4n) is 2.07. The summed E-state index contributed by atoms with van der Waals surface area (Å²) in [5.74, 6) is 1.58. The van der Waals surface area contributed by atoms with Crippen LogP contribution >= 0.6 is 11.3 Å². The van der Waals surface area contributed by atoms with Gasteiger partial charge in [-0.2, -0.15) is 5.26 Å². The minimum absolute atomic E-state index is 0.137. The van der Waals surface area contributed by atoms with Gasteiger partial charge < -0.3 is 14.8 Å². The molecule has 0 amide bonds. The molecule has 0 aliphatic heterocycles. The van der Waals surface area contributed by atoms with Crippen LogP contribution in [0.1, 0.15) is 28.3 Å². The molecule has 21 heavy (non-hydrogen) atoms. The van der Waals surface area contributed by atoms with Crippen LogP contribution in [-0.4, -0.2) is 14.2 Å². The molecule has 0 spiro atoms. The number of nitrogens with one attached hydrogen (secondary N) is 1. The molecule has 0 fully saturated rings. The molecule has 110 valence electrons. The first-order valence-corrected chi connectivity index (χ1v) is 7.43. The summed E-state index contributed by atoms with van der Waals surface area (Å²) in [6.45, 7) is 2.81. The van der Waals surface area contributed by atoms with Gasteiger partial charge in [-0.3, -0.25) is 0 Å². The van der Waals surface area contributed by atoms with Gasteiger partial charge in [-0.05, 0) is 25.1 Å². The second-order valence-corrected chi connectivity index (χ2v) is 5.76. The minimum Gasteiger partial charge on any atom is -0.497 e. The normalized spacial score (nSPS) is 11.7. The zero-order valence-electron chi connectivity index (χ0n) is 12.3. The molecule has 1 heterocycles. The van der Waals surface area contributed by atoms with Crippen LogP contribution < -0.4 is 14.8 Å². The van der Waals surface area contributed by atoms with E-state index in [9.17, 15) is 0 Å². The van der Waals surface area contributed by atoms with Gasteiger partial charge in [-0.1, -0.05) is 6.07 Å². The molecule has 0 aliphatic carbocycles. The Morgan fingerprint density at radius 1 is 1.24 bits per heavy atom. The van der Waals surface area contributed by atoms with Crippen molar-refractivity contribution in [1.29, 1.82) is 5.26 Å². The van der Waals surface area contributed by atoms with Crippen LogP contribution in [0, 0.1) is 11.3 Å². The van der Waals surface area contributed by atoms with Gasteiger partial charge in [0.1, 0.15) is 22.4 Å². The third-order valence-electron chi connectivity index (χ3n) is 3.26. The monoisotopic (exact) mass is 302 g/mol. The van der Waals surface area contributed by atoms with E-state index in [1.807, 2.05) is 30.3 Å². The van der Waals surface area contributed by atoms with E-state index in [1.54, 1.807) is 14.2 Å². The van der Waals surface area contributed by atoms with Crippen molar-refractivity contribution in [2.24, 2.45) is 0 Å². The molecule has 0 aliphatic rings. The summed E-state index contributed by atoms with van der Waals surface area (Å²) < 4.78 is 10.6. The molecule has 0 radical (unpaired) electrons. The van der Waals surface area contributed by atoms with Gasteiger partial charge in [0, 0.05) is 29.1 Å². The van der Waals surface area contributed by atoms with Gasteiger partial charge in [0.2, 0.25) is 0 Å². The summed E-state index contributed by atoms with van der Waals surface area (Å²) in [4.78, 5) is 1.88. The highest BCUT2D eigenvalue weighted by Crippen LogP contribution is 2.29. The van der Waals surface area contributed by atoms with E-state index in [0.717, 1.165) is 33.4 Å². The predicted octanol–water partition coefficient (Wildman–Crippen LogP) is 3.49. The highest BCUT2D eigenvalue weighted by atomic mass is 32.1. The Morgan fingerprint density at radius 3 is 2.67 bits per heavy atom. The van der Waals surface area contributed by atoms with E-state index in [1.165, 1.54) is 11.3 Å². The second kappa shape index (κ2) is 7.11. The molecule has 1 atom stereocenters. The van der Waals surface area contributed by atoms with Gasteiger partial charge in [-0.15, -0.1) is 11.3 Å². The Bertz CT molecular complexity index is 646. The molecule has 0 saturated heterocycles. The first-order valence-electron chi connectivity index (χ1n) is 6.62. The molecule has 1 unspecified atom stereocenters. The smallest absolute Gasteiger partial charge is 0.127 e. The summed E-state index contributed by atoms with van der Waals surface area (Å²) in [7, 11) is 3.29. The third-order valence-corrected chi connectivity index (χ3v) is 4.25. The second-order valence-electron chi connectivity index (χ2n) is 4.59. The van der Waals surface area contributed by atoms with Crippen molar-refractivity contribution in [3.05, 3.63) is 45.6 Å². The fourth-order valence-corrected chi connectivity index (χ4v) is 2.83. The first kappa shape index (κ1) is 15.4. The molecule has 1 aromatic heterocycles. The largest absolute Gasteiger partial charge is 0.497 e. The summed E-state index contributed by atoms with van der Waals surface area (Å²) in [5, 5.41) is 12.3. The Labute approximate surface area is 128 Å². The van der Waals surface area contributed by atoms with Crippen molar-refractivity contribution in [1.82, 2.24) is 5.32 Å². The Hall–Kier alpha value is -2.03. The number of rotatable bonds is 6. The lowest BCUT2D eigenvalue weighted by Gasteiger charge is -2.17. The van der Waals surface area contributed by atoms with E-state index < -0.39 is 0 Å². The molecular weight excluding hydrogens is 284 g/mol. The molecule has 2 rings (SSSR count). The number of nitriles is 1. The van der Waals surface area contributed by atoms with Crippen LogP contribution in [0.5, 0.6) is 11.5 Å². The van der Waals surface area contributed by atoms with Crippen molar-refractivity contribution >= 4 is 11.3 Å². The maximum absolute atomic E-state index is 8.84. The predicted molar refractivity (Wildman–Crippen MR) is 83.8 cm³/mol. The highest BCUT2D eigenvalue weighted by molar-refractivity contribution is 7.12. The number of nitrogens with zero attached hydrogens (tertiary/aromatic N) is 1. The topological polar surface area (TPSA) is 54.3 Å². The lowest BCUT2D eigenvalue weighted by molar-refractivity contribution is 0.386. The van der Waals surface area contributed by atoms with Crippen molar-refractivity contribution in [3.63, 3.8) is 0 Å². The van der Waals surface area contributed by atoms with Gasteiger partial charge in [0.05, 0.1) is 14.2 Å². The van der Waals surface area contributed by atoms with Crippen LogP contribution in [0.15, 0.2) is 30.3 Å². The minimum atomic E-state index is 0.137. The van der Waals surface area contributed by atoms with Crippen LogP contribution in [0.25, 0.3) is 0 Å². The van der Waals surface area contributed by atoms with Crippen molar-refractivity contribution in [2.45, 2.75) is 19.5 Å². The van der Waals surface area contributed by atoms with Crippen LogP contribution in [0.4, 0.5) is 0 Å². The summed E-state index contributed by atoms with van der Waals surface area (Å²) in [5.41, 5.74) is 1.08. The lowest BCUT2D eigenvalue weighted by Crippen LogP contribution is -2.18. The number of hydrogen-bond acceptors (Lipinski definition) is 5. The van der Waals surface area contributed by atoms with Crippen molar-refractivity contribution < 1.29 is 9.47 Å². The van der Waals surface area contributed by atoms with Crippen LogP contribution in [-0.2, 0) is 6.54 Å². The maximum Gasteiger partial charge on any atom is 0.127 e. The quantitative estimate of drug-likeness (QED) is 0.887. The van der Waals surface area contributed by atoms with Crippen LogP contribution in [0.3, 0.4) is 0 Å². The average molecular weight is 302 g/mol. The standard InChI is InChI=1S/C16H18N2O2S/c1-11(18-10-14-6-5-13(9-17)21-14)15-7-4-12(19-2)8-16(15)20-3/h4-8,11,18H,10H2,1-3H3. The molecule has 4 nitrogen and oxygen atoms in total. The SMILES string of the molecule is COc1ccc(C(C)NCc2ccc(C#N)s2)c(OC)c1. The highest BCUT2D eigenvalue weighted by Gasteiger charge is 2.12. The molecule has 2 aromatic rings. The Morgan fingerprint density at radius 2 is 2.05 bits per heavy atom.